The number of rotatable bonds is 9. The van der Waals surface area contributed by atoms with E-state index in [0.29, 0.717) is 26.0 Å². The van der Waals surface area contributed by atoms with Gasteiger partial charge < -0.3 is 14.5 Å². The van der Waals surface area contributed by atoms with Crippen LogP contribution >= 0.6 is 0 Å². The van der Waals surface area contributed by atoms with E-state index >= 15 is 0 Å². The molecule has 1 amide bonds. The summed E-state index contributed by atoms with van der Waals surface area (Å²) >= 11 is 0. The summed E-state index contributed by atoms with van der Waals surface area (Å²) in [5.41, 5.74) is 0.899. The molecule has 2 rings (SSSR count). The predicted molar refractivity (Wildman–Crippen MR) is 90.1 cm³/mol. The molecule has 0 bridgehead atoms. The quantitative estimate of drug-likeness (QED) is 0.662. The molecule has 0 unspecified atom stereocenters. The minimum Gasteiger partial charge on any atom is -0.494 e. The molecule has 0 spiro atoms. The van der Waals surface area contributed by atoms with Crippen LogP contribution in [0.3, 0.4) is 0 Å². The Hall–Kier alpha value is -2.42. The van der Waals surface area contributed by atoms with Crippen molar-refractivity contribution in [2.24, 2.45) is 0 Å². The van der Waals surface area contributed by atoms with Crippen LogP contribution in [0.5, 0.6) is 5.75 Å². The third-order valence-electron chi connectivity index (χ3n) is 3.25. The second-order valence-electron chi connectivity index (χ2n) is 5.44. The minimum absolute atomic E-state index is 0.0912. The molecule has 1 aromatic carbocycles. The van der Waals surface area contributed by atoms with Crippen molar-refractivity contribution >= 4 is 15.7 Å². The van der Waals surface area contributed by atoms with E-state index in [2.05, 4.69) is 15.5 Å². The van der Waals surface area contributed by atoms with Crippen LogP contribution in [0.25, 0.3) is 0 Å². The van der Waals surface area contributed by atoms with Gasteiger partial charge in [0, 0.05) is 19.2 Å². The zero-order chi connectivity index (χ0) is 18.3. The first-order valence-electron chi connectivity index (χ1n) is 7.89. The monoisotopic (exact) mass is 367 g/mol. The Kier molecular flexibility index (Phi) is 6.51. The summed E-state index contributed by atoms with van der Waals surface area (Å²) in [5, 5.41) is 9.56. The fourth-order valence-electron chi connectivity index (χ4n) is 2.07. The topological polar surface area (TPSA) is 111 Å². The Morgan fingerprint density at radius 2 is 1.96 bits per heavy atom. The van der Waals surface area contributed by atoms with Gasteiger partial charge in [-0.15, -0.1) is 5.10 Å². The fourth-order valence-corrected chi connectivity index (χ4v) is 2.51. The van der Waals surface area contributed by atoms with E-state index in [4.69, 9.17) is 9.15 Å². The number of hydrogen-bond acceptors (Lipinski definition) is 7. The van der Waals surface area contributed by atoms with Crippen molar-refractivity contribution in [3.05, 3.63) is 35.7 Å². The molecular formula is C16H21N3O5S. The highest BCUT2D eigenvalue weighted by atomic mass is 32.2. The molecule has 8 nitrogen and oxygen atoms in total. The number of benzene rings is 1. The van der Waals surface area contributed by atoms with E-state index in [1.165, 1.54) is 0 Å². The van der Waals surface area contributed by atoms with Crippen molar-refractivity contribution in [2.75, 3.05) is 19.4 Å². The van der Waals surface area contributed by atoms with Crippen LogP contribution in [0.1, 0.15) is 24.8 Å². The van der Waals surface area contributed by atoms with Gasteiger partial charge in [0.2, 0.25) is 21.6 Å². The molecule has 0 saturated heterocycles. The summed E-state index contributed by atoms with van der Waals surface area (Å²) < 4.78 is 32.9. The lowest BCUT2D eigenvalue weighted by atomic mass is 10.1. The van der Waals surface area contributed by atoms with Gasteiger partial charge in [0.25, 0.3) is 0 Å². The zero-order valence-corrected chi connectivity index (χ0v) is 15.0. The van der Waals surface area contributed by atoms with Gasteiger partial charge in [0.05, 0.1) is 13.0 Å². The van der Waals surface area contributed by atoms with Gasteiger partial charge in [0.1, 0.15) is 5.75 Å². The Morgan fingerprint density at radius 1 is 1.24 bits per heavy atom. The lowest BCUT2D eigenvalue weighted by molar-refractivity contribution is -0.120. The number of nitrogens with zero attached hydrogens (tertiary/aromatic N) is 2. The van der Waals surface area contributed by atoms with Crippen LogP contribution in [0.4, 0.5) is 0 Å². The van der Waals surface area contributed by atoms with Crippen molar-refractivity contribution < 1.29 is 22.4 Å². The molecule has 0 aliphatic carbocycles. The second-order valence-corrected chi connectivity index (χ2v) is 7.33. The van der Waals surface area contributed by atoms with Crippen molar-refractivity contribution in [3.8, 4) is 5.75 Å². The van der Waals surface area contributed by atoms with E-state index in [9.17, 15) is 13.2 Å². The molecule has 0 atom stereocenters. The molecule has 1 N–H and O–H groups in total. The number of hydrogen-bond donors (Lipinski definition) is 1. The van der Waals surface area contributed by atoms with Crippen molar-refractivity contribution in [1.82, 2.24) is 15.5 Å². The summed E-state index contributed by atoms with van der Waals surface area (Å²) in [6.07, 6.45) is 2.25. The fraction of sp³-hybridized carbons (Fsp3) is 0.438. The standard InChI is InChI=1S/C16H21N3O5S/c1-3-23-13-8-6-12(7-9-13)11-14(20)17-10-4-5-15-18-19-16(24-15)25(2,21)22/h6-9H,3-5,10-11H2,1-2H3,(H,17,20). The third-order valence-corrected chi connectivity index (χ3v) is 4.05. The molecule has 0 saturated carbocycles. The van der Waals surface area contributed by atoms with Crippen LogP contribution in [-0.4, -0.2) is 43.9 Å². The van der Waals surface area contributed by atoms with E-state index in [-0.39, 0.29) is 23.4 Å². The maximum Gasteiger partial charge on any atom is 0.335 e. The number of aryl methyl sites for hydroxylation is 1. The number of aromatic nitrogens is 2. The van der Waals surface area contributed by atoms with Crippen LogP contribution in [0, 0.1) is 0 Å². The van der Waals surface area contributed by atoms with Gasteiger partial charge in [-0.25, -0.2) is 8.42 Å². The number of carbonyl (C=O) groups is 1. The highest BCUT2D eigenvalue weighted by molar-refractivity contribution is 7.90. The number of ether oxygens (including phenoxy) is 1. The third kappa shape index (κ3) is 6.18. The van der Waals surface area contributed by atoms with Crippen LogP contribution < -0.4 is 10.1 Å². The van der Waals surface area contributed by atoms with Gasteiger partial charge in [-0.1, -0.05) is 17.2 Å². The first kappa shape index (κ1) is 18.9. The molecule has 0 aliphatic heterocycles. The van der Waals surface area contributed by atoms with Gasteiger partial charge in [-0.2, -0.15) is 0 Å². The van der Waals surface area contributed by atoms with Crippen LogP contribution in [-0.2, 0) is 27.5 Å². The molecule has 0 fully saturated rings. The molecule has 0 aliphatic rings. The normalized spacial score (nSPS) is 11.3. The molecule has 1 heterocycles. The maximum atomic E-state index is 11.9. The number of carbonyl (C=O) groups excluding carboxylic acids is 1. The largest absolute Gasteiger partial charge is 0.494 e. The average molecular weight is 367 g/mol. The van der Waals surface area contributed by atoms with E-state index < -0.39 is 9.84 Å². The van der Waals surface area contributed by atoms with Crippen molar-refractivity contribution in [1.29, 1.82) is 0 Å². The van der Waals surface area contributed by atoms with Gasteiger partial charge in [0.15, 0.2) is 0 Å². The Morgan fingerprint density at radius 3 is 2.56 bits per heavy atom. The molecule has 136 valence electrons. The number of nitrogens with one attached hydrogen (secondary N) is 1. The van der Waals surface area contributed by atoms with E-state index in [0.717, 1.165) is 17.6 Å². The second kappa shape index (κ2) is 8.61. The molecule has 2 aromatic rings. The first-order chi connectivity index (χ1) is 11.9. The van der Waals surface area contributed by atoms with E-state index in [1.807, 2.05) is 31.2 Å². The first-order valence-corrected chi connectivity index (χ1v) is 9.78. The summed E-state index contributed by atoms with van der Waals surface area (Å²) in [6, 6.07) is 7.38. The van der Waals surface area contributed by atoms with Gasteiger partial charge in [-0.3, -0.25) is 4.79 Å². The minimum atomic E-state index is -3.49. The molecule has 25 heavy (non-hydrogen) atoms. The lowest BCUT2D eigenvalue weighted by Gasteiger charge is -2.06. The molecule has 9 heteroatoms. The summed E-state index contributed by atoms with van der Waals surface area (Å²) in [6.45, 7) is 2.95. The lowest BCUT2D eigenvalue weighted by Crippen LogP contribution is -2.26. The summed E-state index contributed by atoms with van der Waals surface area (Å²) in [4.78, 5) is 11.9. The Balaban J connectivity index is 1.71. The van der Waals surface area contributed by atoms with Crippen LogP contribution in [0.15, 0.2) is 33.9 Å². The molecule has 0 radical (unpaired) electrons. The number of amides is 1. The number of sulfone groups is 1. The van der Waals surface area contributed by atoms with Gasteiger partial charge >= 0.3 is 5.22 Å². The zero-order valence-electron chi connectivity index (χ0n) is 14.2. The van der Waals surface area contributed by atoms with Gasteiger partial charge in [-0.05, 0) is 31.0 Å². The SMILES string of the molecule is CCOc1ccc(CC(=O)NCCCc2nnc(S(C)(=O)=O)o2)cc1. The predicted octanol–water partition coefficient (Wildman–Crippen LogP) is 1.16. The highest BCUT2D eigenvalue weighted by Crippen LogP contribution is 2.12. The Bertz CT molecular complexity index is 799. The Labute approximate surface area is 146 Å². The molecular weight excluding hydrogens is 346 g/mol. The molecule has 1 aromatic heterocycles. The summed E-state index contributed by atoms with van der Waals surface area (Å²) in [7, 11) is -3.49. The van der Waals surface area contributed by atoms with Crippen molar-refractivity contribution in [3.63, 3.8) is 0 Å². The van der Waals surface area contributed by atoms with Crippen LogP contribution in [0.2, 0.25) is 0 Å². The van der Waals surface area contributed by atoms with E-state index in [1.54, 1.807) is 0 Å². The summed E-state index contributed by atoms with van der Waals surface area (Å²) in [5.74, 6) is 0.923. The maximum absolute atomic E-state index is 11.9. The smallest absolute Gasteiger partial charge is 0.335 e. The highest BCUT2D eigenvalue weighted by Gasteiger charge is 2.16. The van der Waals surface area contributed by atoms with Crippen molar-refractivity contribution in [2.45, 2.75) is 31.4 Å². The average Bonchev–Trinajstić information content (AvgIpc) is 3.03.